The third-order valence-electron chi connectivity index (χ3n) is 4.69. The highest BCUT2D eigenvalue weighted by atomic mass is 127. The molecule has 5 nitrogen and oxygen atoms in total. The van der Waals surface area contributed by atoms with Crippen molar-refractivity contribution >= 4 is 38.3 Å². The molecule has 1 aromatic rings. The van der Waals surface area contributed by atoms with E-state index in [2.05, 4.69) is 32.8 Å². The van der Waals surface area contributed by atoms with Gasteiger partial charge in [0.1, 0.15) is 0 Å². The number of carbonyl (C=O) groups excluding carboxylic acids is 1. The van der Waals surface area contributed by atoms with Gasteiger partial charge in [0.15, 0.2) is 9.84 Å². The fraction of sp³-hybridized carbons (Fsp3) is 0.562. The molecule has 0 saturated carbocycles. The Bertz CT molecular complexity index is 714. The summed E-state index contributed by atoms with van der Waals surface area (Å²) in [6.07, 6.45) is 2.21. The number of aryl methyl sites for hydroxylation is 1. The van der Waals surface area contributed by atoms with Crippen LogP contribution in [0.25, 0.3) is 0 Å². The van der Waals surface area contributed by atoms with Crippen molar-refractivity contribution in [2.75, 3.05) is 24.6 Å². The first kappa shape index (κ1) is 17.2. The minimum Gasteiger partial charge on any atom is -0.347 e. The van der Waals surface area contributed by atoms with Crippen LogP contribution in [0.3, 0.4) is 0 Å². The second kappa shape index (κ2) is 6.68. The number of amides is 1. The third kappa shape index (κ3) is 3.71. The Morgan fingerprint density at radius 2 is 1.96 bits per heavy atom. The van der Waals surface area contributed by atoms with Gasteiger partial charge in [-0.05, 0) is 67.1 Å². The molecule has 2 heterocycles. The second-order valence-electron chi connectivity index (χ2n) is 6.40. The number of sulfone groups is 1. The van der Waals surface area contributed by atoms with Crippen molar-refractivity contribution < 1.29 is 13.2 Å². The van der Waals surface area contributed by atoms with Crippen LogP contribution < -0.4 is 5.32 Å². The van der Waals surface area contributed by atoms with Crippen molar-refractivity contribution in [3.8, 4) is 0 Å². The van der Waals surface area contributed by atoms with Crippen LogP contribution in [-0.2, 0) is 9.84 Å². The van der Waals surface area contributed by atoms with E-state index in [-0.39, 0.29) is 29.5 Å². The molecular formula is C16H21IN2O3S. The molecule has 2 aliphatic heterocycles. The Morgan fingerprint density at radius 3 is 2.65 bits per heavy atom. The Morgan fingerprint density at radius 1 is 1.26 bits per heavy atom. The maximum Gasteiger partial charge on any atom is 0.252 e. The summed E-state index contributed by atoms with van der Waals surface area (Å²) in [6, 6.07) is 5.20. The standard InChI is InChI=1S/C16H21IN2O3S/c1-11-5-4-6-12(15(11)17)16(20)18-13-9-23(21,22)10-14(13)19-7-2-3-8-19/h4-6,13-14H,2-3,7-10H2,1H3,(H,18,20). The van der Waals surface area contributed by atoms with Gasteiger partial charge < -0.3 is 5.32 Å². The monoisotopic (exact) mass is 448 g/mol. The van der Waals surface area contributed by atoms with E-state index < -0.39 is 9.84 Å². The summed E-state index contributed by atoms with van der Waals surface area (Å²) in [7, 11) is -3.09. The van der Waals surface area contributed by atoms with Crippen LogP contribution in [0.5, 0.6) is 0 Å². The van der Waals surface area contributed by atoms with E-state index in [0.29, 0.717) is 5.56 Å². The number of hydrogen-bond donors (Lipinski definition) is 1. The van der Waals surface area contributed by atoms with Crippen molar-refractivity contribution in [2.24, 2.45) is 0 Å². The molecule has 1 aromatic carbocycles. The first-order valence-electron chi connectivity index (χ1n) is 7.88. The topological polar surface area (TPSA) is 66.5 Å². The average molecular weight is 448 g/mol. The lowest BCUT2D eigenvalue weighted by molar-refractivity contribution is 0.0917. The maximum absolute atomic E-state index is 12.6. The molecule has 126 valence electrons. The number of nitrogens with zero attached hydrogens (tertiary/aromatic N) is 1. The largest absolute Gasteiger partial charge is 0.347 e. The summed E-state index contributed by atoms with van der Waals surface area (Å²) in [5, 5.41) is 2.98. The predicted molar refractivity (Wildman–Crippen MR) is 98.4 cm³/mol. The molecule has 0 aliphatic carbocycles. The SMILES string of the molecule is Cc1cccc(C(=O)NC2CS(=O)(=O)CC2N2CCCC2)c1I. The zero-order chi connectivity index (χ0) is 16.6. The zero-order valence-corrected chi connectivity index (χ0v) is 16.1. The first-order chi connectivity index (χ1) is 10.9. The molecule has 3 rings (SSSR count). The van der Waals surface area contributed by atoms with E-state index >= 15 is 0 Å². The van der Waals surface area contributed by atoms with Gasteiger partial charge in [-0.2, -0.15) is 0 Å². The fourth-order valence-electron chi connectivity index (χ4n) is 3.47. The average Bonchev–Trinajstić information content (AvgIpc) is 3.09. The highest BCUT2D eigenvalue weighted by Crippen LogP contribution is 2.24. The molecule has 0 spiro atoms. The second-order valence-corrected chi connectivity index (χ2v) is 9.64. The van der Waals surface area contributed by atoms with E-state index in [1.807, 2.05) is 19.1 Å². The number of likely N-dealkylation sites (tertiary alicyclic amines) is 1. The van der Waals surface area contributed by atoms with E-state index in [0.717, 1.165) is 35.1 Å². The van der Waals surface area contributed by atoms with Crippen molar-refractivity contribution in [2.45, 2.75) is 31.8 Å². The lowest BCUT2D eigenvalue weighted by Gasteiger charge is -2.28. The predicted octanol–water partition coefficient (Wildman–Crippen LogP) is 1.59. The van der Waals surface area contributed by atoms with Crippen LogP contribution in [0.1, 0.15) is 28.8 Å². The van der Waals surface area contributed by atoms with Crippen molar-refractivity contribution in [3.63, 3.8) is 0 Å². The highest BCUT2D eigenvalue weighted by Gasteiger charge is 2.42. The van der Waals surface area contributed by atoms with Crippen LogP contribution in [0.4, 0.5) is 0 Å². The number of rotatable bonds is 3. The quantitative estimate of drug-likeness (QED) is 0.714. The normalized spacial score (nSPS) is 27.2. The van der Waals surface area contributed by atoms with Gasteiger partial charge in [0.05, 0.1) is 23.1 Å². The van der Waals surface area contributed by atoms with E-state index in [1.165, 1.54) is 0 Å². The Kier molecular flexibility index (Phi) is 4.98. The Balaban J connectivity index is 1.79. The summed E-state index contributed by atoms with van der Waals surface area (Å²) < 4.78 is 25.1. The first-order valence-corrected chi connectivity index (χ1v) is 10.8. The Labute approximate surface area is 150 Å². The maximum atomic E-state index is 12.6. The molecule has 1 N–H and O–H groups in total. The van der Waals surface area contributed by atoms with Crippen molar-refractivity contribution in [3.05, 3.63) is 32.9 Å². The highest BCUT2D eigenvalue weighted by molar-refractivity contribution is 14.1. The zero-order valence-electron chi connectivity index (χ0n) is 13.1. The number of benzene rings is 1. The van der Waals surface area contributed by atoms with Gasteiger partial charge in [0, 0.05) is 9.61 Å². The summed E-state index contributed by atoms with van der Waals surface area (Å²) in [5.41, 5.74) is 1.67. The van der Waals surface area contributed by atoms with Gasteiger partial charge in [-0.25, -0.2) is 8.42 Å². The third-order valence-corrected chi connectivity index (χ3v) is 7.83. The van der Waals surface area contributed by atoms with Gasteiger partial charge in [0.25, 0.3) is 5.91 Å². The van der Waals surface area contributed by atoms with Gasteiger partial charge in [-0.15, -0.1) is 0 Å². The molecule has 2 unspecified atom stereocenters. The molecule has 1 amide bonds. The molecule has 2 aliphatic rings. The molecule has 0 radical (unpaired) electrons. The minimum atomic E-state index is -3.09. The summed E-state index contributed by atoms with van der Waals surface area (Å²) >= 11 is 2.17. The molecule has 2 atom stereocenters. The summed E-state index contributed by atoms with van der Waals surface area (Å²) in [4.78, 5) is 14.8. The molecule has 2 fully saturated rings. The van der Waals surface area contributed by atoms with Crippen LogP contribution in [-0.4, -0.2) is 55.9 Å². The van der Waals surface area contributed by atoms with Crippen LogP contribution in [0.15, 0.2) is 18.2 Å². The van der Waals surface area contributed by atoms with Crippen molar-refractivity contribution in [1.29, 1.82) is 0 Å². The molecule has 7 heteroatoms. The molecular weight excluding hydrogens is 427 g/mol. The molecule has 23 heavy (non-hydrogen) atoms. The summed E-state index contributed by atoms with van der Waals surface area (Å²) in [5.74, 6) is 0.0231. The Hall–Kier alpha value is -0.670. The van der Waals surface area contributed by atoms with E-state index in [9.17, 15) is 13.2 Å². The van der Waals surface area contributed by atoms with E-state index in [4.69, 9.17) is 0 Å². The van der Waals surface area contributed by atoms with Crippen LogP contribution >= 0.6 is 22.6 Å². The number of halogens is 1. The van der Waals surface area contributed by atoms with Crippen molar-refractivity contribution in [1.82, 2.24) is 10.2 Å². The fourth-order valence-corrected chi connectivity index (χ4v) is 6.03. The molecule has 0 bridgehead atoms. The molecule has 0 aromatic heterocycles. The smallest absolute Gasteiger partial charge is 0.252 e. The van der Waals surface area contributed by atoms with Crippen LogP contribution in [0.2, 0.25) is 0 Å². The lowest BCUT2D eigenvalue weighted by atomic mass is 10.1. The number of nitrogens with one attached hydrogen (secondary N) is 1. The lowest BCUT2D eigenvalue weighted by Crippen LogP contribution is -2.50. The van der Waals surface area contributed by atoms with Gasteiger partial charge >= 0.3 is 0 Å². The van der Waals surface area contributed by atoms with Crippen LogP contribution in [0, 0.1) is 10.5 Å². The van der Waals surface area contributed by atoms with Gasteiger partial charge in [-0.1, -0.05) is 12.1 Å². The van der Waals surface area contributed by atoms with Gasteiger partial charge in [-0.3, -0.25) is 9.69 Å². The number of hydrogen-bond acceptors (Lipinski definition) is 4. The number of carbonyl (C=O) groups is 1. The molecule has 2 saturated heterocycles. The summed E-state index contributed by atoms with van der Waals surface area (Å²) in [6.45, 7) is 3.81. The minimum absolute atomic E-state index is 0.0439. The van der Waals surface area contributed by atoms with Gasteiger partial charge in [0.2, 0.25) is 0 Å². The van der Waals surface area contributed by atoms with E-state index in [1.54, 1.807) is 6.07 Å².